The second-order valence-electron chi connectivity index (χ2n) is 9.68. The summed E-state index contributed by atoms with van der Waals surface area (Å²) >= 11 is 0. The molecular formula is C27H30N2O6. The van der Waals surface area contributed by atoms with E-state index < -0.39 is 17.5 Å². The third kappa shape index (κ3) is 4.75. The van der Waals surface area contributed by atoms with Gasteiger partial charge in [-0.05, 0) is 47.4 Å². The molecule has 0 spiro atoms. The van der Waals surface area contributed by atoms with Crippen LogP contribution in [0.5, 0.6) is 0 Å². The maximum Gasteiger partial charge on any atom is 0.407 e. The van der Waals surface area contributed by atoms with Gasteiger partial charge >= 0.3 is 12.1 Å². The van der Waals surface area contributed by atoms with Crippen LogP contribution in [-0.4, -0.2) is 55.5 Å². The maximum atomic E-state index is 12.2. The third-order valence-electron chi connectivity index (χ3n) is 7.54. The van der Waals surface area contributed by atoms with Crippen molar-refractivity contribution in [2.45, 2.75) is 37.6 Å². The summed E-state index contributed by atoms with van der Waals surface area (Å²) in [4.78, 5) is 35.6. The first-order valence-corrected chi connectivity index (χ1v) is 12.2. The highest BCUT2D eigenvalue weighted by molar-refractivity contribution is 5.81. The number of carboxylic acid groups (broad SMARTS) is 1. The predicted molar refractivity (Wildman–Crippen MR) is 128 cm³/mol. The first kappa shape index (κ1) is 23.4. The molecule has 0 aliphatic heterocycles. The largest absolute Gasteiger partial charge is 0.481 e. The predicted octanol–water partition coefficient (Wildman–Crippen LogP) is 3.30. The first-order chi connectivity index (χ1) is 17.0. The lowest BCUT2D eigenvalue weighted by Crippen LogP contribution is -2.35. The summed E-state index contributed by atoms with van der Waals surface area (Å²) < 4.78 is 10.9. The van der Waals surface area contributed by atoms with E-state index in [1.807, 2.05) is 24.3 Å². The van der Waals surface area contributed by atoms with Gasteiger partial charge in [-0.1, -0.05) is 48.5 Å². The Bertz CT molecular complexity index is 1090. The molecule has 8 heteroatoms. The minimum Gasteiger partial charge on any atom is -0.481 e. The number of ether oxygens (including phenoxy) is 2. The average Bonchev–Trinajstić information content (AvgIpc) is 3.28. The lowest BCUT2D eigenvalue weighted by atomic mass is 9.98. The van der Waals surface area contributed by atoms with Gasteiger partial charge in [0.05, 0.1) is 18.6 Å². The minimum absolute atomic E-state index is 0.0130. The van der Waals surface area contributed by atoms with Crippen LogP contribution in [0.1, 0.15) is 42.7 Å². The van der Waals surface area contributed by atoms with Gasteiger partial charge in [0.2, 0.25) is 5.91 Å². The van der Waals surface area contributed by atoms with Crippen molar-refractivity contribution in [3.05, 3.63) is 59.7 Å². The fraction of sp³-hybridized carbons (Fsp3) is 0.444. The fourth-order valence-electron chi connectivity index (χ4n) is 5.71. The molecule has 0 aromatic heterocycles. The van der Waals surface area contributed by atoms with Crippen molar-refractivity contribution >= 4 is 18.0 Å². The number of nitrogens with one attached hydrogen (secondary N) is 2. The number of amides is 2. The van der Waals surface area contributed by atoms with Crippen LogP contribution in [0.25, 0.3) is 11.1 Å². The normalized spacial score (nSPS) is 23.7. The lowest BCUT2D eigenvalue weighted by molar-refractivity contribution is -0.143. The zero-order chi connectivity index (χ0) is 24.4. The summed E-state index contributed by atoms with van der Waals surface area (Å²) in [5.74, 6) is -0.669. The Morgan fingerprint density at radius 2 is 1.66 bits per heavy atom. The topological polar surface area (TPSA) is 114 Å². The highest BCUT2D eigenvalue weighted by Gasteiger charge is 2.65. The van der Waals surface area contributed by atoms with Crippen molar-refractivity contribution in [2.24, 2.45) is 11.3 Å². The molecule has 3 N–H and O–H groups in total. The van der Waals surface area contributed by atoms with Gasteiger partial charge in [0, 0.05) is 24.9 Å². The second kappa shape index (κ2) is 9.70. The SMILES string of the molecule is O=C(CCOCCNC(=O)OCC1c2ccccc2-c2ccccc21)NC1CC2CC2(C(=O)O)C1. The van der Waals surface area contributed by atoms with Crippen molar-refractivity contribution in [1.29, 1.82) is 0 Å². The lowest BCUT2D eigenvalue weighted by Gasteiger charge is -2.16. The quantitative estimate of drug-likeness (QED) is 0.452. The summed E-state index contributed by atoms with van der Waals surface area (Å²) in [6.45, 7) is 1.04. The molecule has 2 fully saturated rings. The van der Waals surface area contributed by atoms with Gasteiger partial charge < -0.3 is 25.2 Å². The van der Waals surface area contributed by atoms with Crippen LogP contribution >= 0.6 is 0 Å². The number of benzene rings is 2. The van der Waals surface area contributed by atoms with E-state index in [1.165, 1.54) is 11.1 Å². The molecule has 0 radical (unpaired) electrons. The molecule has 0 saturated heterocycles. The van der Waals surface area contributed by atoms with Gasteiger partial charge in [0.15, 0.2) is 0 Å². The number of fused-ring (bicyclic) bond motifs is 4. The van der Waals surface area contributed by atoms with Gasteiger partial charge in [0.1, 0.15) is 6.61 Å². The van der Waals surface area contributed by atoms with Crippen LogP contribution in [-0.2, 0) is 19.1 Å². The molecule has 2 amide bonds. The van der Waals surface area contributed by atoms with E-state index >= 15 is 0 Å². The van der Waals surface area contributed by atoms with Gasteiger partial charge in [-0.15, -0.1) is 0 Å². The zero-order valence-electron chi connectivity index (χ0n) is 19.5. The Morgan fingerprint density at radius 1 is 0.971 bits per heavy atom. The maximum absolute atomic E-state index is 12.2. The second-order valence-corrected chi connectivity index (χ2v) is 9.68. The first-order valence-electron chi connectivity index (χ1n) is 12.2. The van der Waals surface area contributed by atoms with E-state index in [9.17, 15) is 19.5 Å². The van der Waals surface area contributed by atoms with Crippen molar-refractivity contribution in [3.63, 3.8) is 0 Å². The smallest absolute Gasteiger partial charge is 0.407 e. The van der Waals surface area contributed by atoms with Crippen LogP contribution in [0.2, 0.25) is 0 Å². The van der Waals surface area contributed by atoms with Crippen molar-refractivity contribution in [1.82, 2.24) is 10.6 Å². The molecule has 3 aliphatic rings. The van der Waals surface area contributed by atoms with Crippen LogP contribution in [0.15, 0.2) is 48.5 Å². The molecular weight excluding hydrogens is 448 g/mol. The molecule has 2 aromatic carbocycles. The van der Waals surface area contributed by atoms with Gasteiger partial charge in [-0.2, -0.15) is 0 Å². The number of carbonyl (C=O) groups excluding carboxylic acids is 2. The fourth-order valence-corrected chi connectivity index (χ4v) is 5.71. The van der Waals surface area contributed by atoms with Gasteiger partial charge in [-0.25, -0.2) is 4.79 Å². The third-order valence-corrected chi connectivity index (χ3v) is 7.54. The van der Waals surface area contributed by atoms with Crippen LogP contribution < -0.4 is 10.6 Å². The Balaban J connectivity index is 0.963. The van der Waals surface area contributed by atoms with E-state index in [4.69, 9.17) is 9.47 Å². The number of alkyl carbamates (subject to hydrolysis) is 1. The summed E-state index contributed by atoms with van der Waals surface area (Å²) in [5.41, 5.74) is 4.09. The zero-order valence-corrected chi connectivity index (χ0v) is 19.5. The summed E-state index contributed by atoms with van der Waals surface area (Å²) in [7, 11) is 0. The number of carbonyl (C=O) groups is 3. The molecule has 0 bridgehead atoms. The number of carboxylic acids is 1. The number of rotatable bonds is 10. The molecule has 2 saturated carbocycles. The summed E-state index contributed by atoms with van der Waals surface area (Å²) in [6, 6.07) is 16.3. The highest BCUT2D eigenvalue weighted by Crippen LogP contribution is 2.63. The minimum atomic E-state index is -0.744. The number of hydrogen-bond acceptors (Lipinski definition) is 5. The molecule has 35 heavy (non-hydrogen) atoms. The van der Waals surface area contributed by atoms with Crippen molar-refractivity contribution in [3.8, 4) is 11.1 Å². The van der Waals surface area contributed by atoms with Gasteiger partial charge in [-0.3, -0.25) is 9.59 Å². The Labute approximate surface area is 204 Å². The van der Waals surface area contributed by atoms with E-state index in [1.54, 1.807) is 0 Å². The standard InChI is InChI=1S/C27H30N2O6/c30-24(29-18-13-17-14-27(17,15-18)25(31)32)9-11-34-12-10-28-26(33)35-16-23-21-7-3-1-5-19(21)20-6-2-4-8-22(20)23/h1-8,17-18,23H,9-16H2,(H,28,33)(H,29,30)(H,31,32). The Morgan fingerprint density at radius 3 is 2.31 bits per heavy atom. The molecule has 184 valence electrons. The Kier molecular flexibility index (Phi) is 6.47. The van der Waals surface area contributed by atoms with Gasteiger partial charge in [0.25, 0.3) is 0 Å². The van der Waals surface area contributed by atoms with E-state index in [2.05, 4.69) is 34.9 Å². The molecule has 8 nitrogen and oxygen atoms in total. The molecule has 0 heterocycles. The van der Waals surface area contributed by atoms with Crippen molar-refractivity contribution < 1.29 is 29.0 Å². The summed E-state index contributed by atoms with van der Waals surface area (Å²) in [5, 5.41) is 14.9. The molecule has 3 aliphatic carbocycles. The molecule has 5 rings (SSSR count). The van der Waals surface area contributed by atoms with E-state index in [0.29, 0.717) is 6.42 Å². The van der Waals surface area contributed by atoms with E-state index in [0.717, 1.165) is 24.0 Å². The molecule has 3 unspecified atom stereocenters. The molecule has 2 aromatic rings. The molecule has 3 atom stereocenters. The monoisotopic (exact) mass is 478 g/mol. The number of hydrogen-bond donors (Lipinski definition) is 3. The number of aliphatic carboxylic acids is 1. The van der Waals surface area contributed by atoms with E-state index in [-0.39, 0.29) is 56.6 Å². The average molecular weight is 479 g/mol. The van der Waals surface area contributed by atoms with Crippen LogP contribution in [0.4, 0.5) is 4.79 Å². The van der Waals surface area contributed by atoms with Crippen LogP contribution in [0, 0.1) is 11.3 Å². The Hall–Kier alpha value is -3.39. The summed E-state index contributed by atoms with van der Waals surface area (Å²) in [6.07, 6.45) is 1.69. The highest BCUT2D eigenvalue weighted by atomic mass is 16.5. The van der Waals surface area contributed by atoms with Crippen molar-refractivity contribution in [2.75, 3.05) is 26.4 Å². The van der Waals surface area contributed by atoms with Crippen LogP contribution in [0.3, 0.4) is 0 Å².